The molecule has 1 aromatic heterocycles. The van der Waals surface area contributed by atoms with Crippen molar-refractivity contribution in [3.05, 3.63) is 52.9 Å². The highest BCUT2D eigenvalue weighted by molar-refractivity contribution is 5.94. The molecule has 0 saturated carbocycles. The molecule has 0 unspecified atom stereocenters. The zero-order valence-electron chi connectivity index (χ0n) is 14.4. The standard InChI is InChI=1S/C19H25N3O2/c1-14(2)18-11-17(24-21-18)12-20-19(23)16-7-5-15(6-8-16)13-22-9-3-4-10-22/h5-8,11,14H,3-4,9-10,12-13H2,1-2H3,(H,20,23). The zero-order chi connectivity index (χ0) is 16.9. The van der Waals surface area contributed by atoms with Crippen LogP contribution in [0.3, 0.4) is 0 Å². The van der Waals surface area contributed by atoms with Crippen LogP contribution < -0.4 is 5.32 Å². The Morgan fingerprint density at radius 3 is 2.58 bits per heavy atom. The Morgan fingerprint density at radius 1 is 1.25 bits per heavy atom. The van der Waals surface area contributed by atoms with Gasteiger partial charge in [0.1, 0.15) is 0 Å². The molecule has 128 valence electrons. The quantitative estimate of drug-likeness (QED) is 0.884. The maximum absolute atomic E-state index is 12.2. The van der Waals surface area contributed by atoms with Crippen molar-refractivity contribution in [2.45, 2.75) is 45.7 Å². The van der Waals surface area contributed by atoms with Crippen LogP contribution in [-0.4, -0.2) is 29.1 Å². The Bertz CT molecular complexity index is 670. The predicted molar refractivity (Wildman–Crippen MR) is 92.7 cm³/mol. The second-order valence-corrected chi connectivity index (χ2v) is 6.74. The van der Waals surface area contributed by atoms with Crippen LogP contribution in [0.15, 0.2) is 34.9 Å². The fraction of sp³-hybridized carbons (Fsp3) is 0.474. The SMILES string of the molecule is CC(C)c1cc(CNC(=O)c2ccc(CN3CCCC3)cc2)on1. The number of carbonyl (C=O) groups is 1. The highest BCUT2D eigenvalue weighted by Gasteiger charge is 2.13. The summed E-state index contributed by atoms with van der Waals surface area (Å²) in [5.74, 6) is 0.907. The molecule has 1 aliphatic heterocycles. The molecule has 5 nitrogen and oxygen atoms in total. The fourth-order valence-corrected chi connectivity index (χ4v) is 2.91. The number of carbonyl (C=O) groups excluding carboxylic acids is 1. The van der Waals surface area contributed by atoms with Gasteiger partial charge in [0, 0.05) is 18.2 Å². The molecule has 24 heavy (non-hydrogen) atoms. The molecule has 2 aromatic rings. The molecule has 1 amide bonds. The van der Waals surface area contributed by atoms with Crippen molar-refractivity contribution in [3.8, 4) is 0 Å². The van der Waals surface area contributed by atoms with E-state index in [1.165, 1.54) is 31.5 Å². The molecule has 0 atom stereocenters. The number of nitrogens with zero attached hydrogens (tertiary/aromatic N) is 2. The lowest BCUT2D eigenvalue weighted by Crippen LogP contribution is -2.22. The first kappa shape index (κ1) is 16.7. The maximum Gasteiger partial charge on any atom is 0.251 e. The van der Waals surface area contributed by atoms with Crippen LogP contribution in [0.2, 0.25) is 0 Å². The topological polar surface area (TPSA) is 58.4 Å². The van der Waals surface area contributed by atoms with Crippen molar-refractivity contribution in [2.75, 3.05) is 13.1 Å². The lowest BCUT2D eigenvalue weighted by molar-refractivity contribution is 0.0947. The number of hydrogen-bond donors (Lipinski definition) is 1. The van der Waals surface area contributed by atoms with Gasteiger partial charge in [-0.25, -0.2) is 0 Å². The number of benzene rings is 1. The van der Waals surface area contributed by atoms with E-state index in [2.05, 4.69) is 29.2 Å². The Balaban J connectivity index is 1.52. The molecule has 2 heterocycles. The van der Waals surface area contributed by atoms with Gasteiger partial charge in [0.2, 0.25) is 0 Å². The van der Waals surface area contributed by atoms with E-state index in [9.17, 15) is 4.79 Å². The minimum Gasteiger partial charge on any atom is -0.359 e. The second-order valence-electron chi connectivity index (χ2n) is 6.74. The molecular weight excluding hydrogens is 302 g/mol. The van der Waals surface area contributed by atoms with Crippen LogP contribution in [0.25, 0.3) is 0 Å². The first-order chi connectivity index (χ1) is 11.6. The van der Waals surface area contributed by atoms with Gasteiger partial charge in [-0.05, 0) is 49.5 Å². The van der Waals surface area contributed by atoms with Crippen LogP contribution in [0.5, 0.6) is 0 Å². The Hall–Kier alpha value is -2.14. The molecule has 1 saturated heterocycles. The third-order valence-corrected chi connectivity index (χ3v) is 4.41. The molecular formula is C19H25N3O2. The Kier molecular flexibility index (Phi) is 5.30. The van der Waals surface area contributed by atoms with E-state index < -0.39 is 0 Å². The fourth-order valence-electron chi connectivity index (χ4n) is 2.91. The number of aromatic nitrogens is 1. The van der Waals surface area contributed by atoms with Gasteiger partial charge in [0.15, 0.2) is 5.76 Å². The third kappa shape index (κ3) is 4.23. The molecule has 3 rings (SSSR count). The van der Waals surface area contributed by atoms with Crippen molar-refractivity contribution in [2.24, 2.45) is 0 Å². The van der Waals surface area contributed by atoms with Crippen LogP contribution in [0.1, 0.15) is 60.0 Å². The van der Waals surface area contributed by atoms with Crippen LogP contribution in [0, 0.1) is 0 Å². The summed E-state index contributed by atoms with van der Waals surface area (Å²) >= 11 is 0. The minimum atomic E-state index is -0.0924. The smallest absolute Gasteiger partial charge is 0.251 e. The minimum absolute atomic E-state index is 0.0924. The first-order valence-electron chi connectivity index (χ1n) is 8.67. The van der Waals surface area contributed by atoms with E-state index in [1.807, 2.05) is 30.3 Å². The summed E-state index contributed by atoms with van der Waals surface area (Å²) in [4.78, 5) is 14.7. The van der Waals surface area contributed by atoms with Gasteiger partial charge in [0.25, 0.3) is 5.91 Å². The average molecular weight is 327 g/mol. The van der Waals surface area contributed by atoms with Crippen molar-refractivity contribution in [3.63, 3.8) is 0 Å². The number of nitrogens with one attached hydrogen (secondary N) is 1. The van der Waals surface area contributed by atoms with Gasteiger partial charge in [-0.15, -0.1) is 0 Å². The molecule has 1 aliphatic rings. The molecule has 0 aliphatic carbocycles. The molecule has 0 radical (unpaired) electrons. The molecule has 1 N–H and O–H groups in total. The van der Waals surface area contributed by atoms with E-state index in [0.29, 0.717) is 23.8 Å². The van der Waals surface area contributed by atoms with Gasteiger partial charge in [-0.3, -0.25) is 9.69 Å². The molecule has 0 spiro atoms. The van der Waals surface area contributed by atoms with Gasteiger partial charge in [-0.1, -0.05) is 31.1 Å². The molecule has 0 bridgehead atoms. The number of likely N-dealkylation sites (tertiary alicyclic amines) is 1. The van der Waals surface area contributed by atoms with E-state index in [4.69, 9.17) is 4.52 Å². The summed E-state index contributed by atoms with van der Waals surface area (Å²) in [5.41, 5.74) is 2.83. The van der Waals surface area contributed by atoms with Crippen LogP contribution in [0.4, 0.5) is 0 Å². The number of hydrogen-bond acceptors (Lipinski definition) is 4. The normalized spacial score (nSPS) is 15.1. The first-order valence-corrected chi connectivity index (χ1v) is 8.67. The highest BCUT2D eigenvalue weighted by Crippen LogP contribution is 2.15. The summed E-state index contributed by atoms with van der Waals surface area (Å²) in [5, 5.41) is 6.87. The van der Waals surface area contributed by atoms with Crippen LogP contribution >= 0.6 is 0 Å². The van der Waals surface area contributed by atoms with Crippen molar-refractivity contribution < 1.29 is 9.32 Å². The van der Waals surface area contributed by atoms with Crippen molar-refractivity contribution >= 4 is 5.91 Å². The number of amides is 1. The predicted octanol–water partition coefficient (Wildman–Crippen LogP) is 3.32. The summed E-state index contributed by atoms with van der Waals surface area (Å²) in [6.07, 6.45) is 2.58. The summed E-state index contributed by atoms with van der Waals surface area (Å²) in [7, 11) is 0. The van der Waals surface area contributed by atoms with Crippen molar-refractivity contribution in [1.29, 1.82) is 0 Å². The van der Waals surface area contributed by atoms with E-state index in [1.54, 1.807) is 0 Å². The van der Waals surface area contributed by atoms with E-state index >= 15 is 0 Å². The van der Waals surface area contributed by atoms with Crippen LogP contribution in [-0.2, 0) is 13.1 Å². The zero-order valence-corrected chi connectivity index (χ0v) is 14.4. The van der Waals surface area contributed by atoms with Gasteiger partial charge in [0.05, 0.1) is 12.2 Å². The summed E-state index contributed by atoms with van der Waals surface area (Å²) in [6, 6.07) is 9.75. The lowest BCUT2D eigenvalue weighted by atomic mass is 10.1. The number of rotatable bonds is 6. The maximum atomic E-state index is 12.2. The molecule has 1 aromatic carbocycles. The second kappa shape index (κ2) is 7.62. The monoisotopic (exact) mass is 327 g/mol. The third-order valence-electron chi connectivity index (χ3n) is 4.41. The summed E-state index contributed by atoms with van der Waals surface area (Å²) in [6.45, 7) is 7.80. The van der Waals surface area contributed by atoms with Gasteiger partial charge < -0.3 is 9.84 Å². The lowest BCUT2D eigenvalue weighted by Gasteiger charge is -2.14. The van der Waals surface area contributed by atoms with E-state index in [-0.39, 0.29) is 5.91 Å². The Morgan fingerprint density at radius 2 is 1.96 bits per heavy atom. The average Bonchev–Trinajstić information content (AvgIpc) is 3.25. The van der Waals surface area contributed by atoms with E-state index in [0.717, 1.165) is 12.2 Å². The largest absolute Gasteiger partial charge is 0.359 e. The molecule has 1 fully saturated rings. The van der Waals surface area contributed by atoms with Crippen molar-refractivity contribution in [1.82, 2.24) is 15.4 Å². The molecule has 5 heteroatoms. The summed E-state index contributed by atoms with van der Waals surface area (Å²) < 4.78 is 5.24. The highest BCUT2D eigenvalue weighted by atomic mass is 16.5. The Labute approximate surface area is 143 Å². The van der Waals surface area contributed by atoms with Gasteiger partial charge >= 0.3 is 0 Å². The van der Waals surface area contributed by atoms with Gasteiger partial charge in [-0.2, -0.15) is 0 Å².